The third-order valence-electron chi connectivity index (χ3n) is 2.13. The Labute approximate surface area is 85.3 Å². The van der Waals surface area contributed by atoms with E-state index in [9.17, 15) is 0 Å². The van der Waals surface area contributed by atoms with Crippen LogP contribution in [0.2, 0.25) is 0 Å². The molecular formula is C11H18N2O. The fourth-order valence-corrected chi connectivity index (χ4v) is 0.954. The standard InChI is InChI=1S/C11H18N2O/c1-9-10(5-4-6-13-9)14-8-11(2,3)7-12/h4-6H,7-8,12H2,1-3H3. The molecular weight excluding hydrogens is 176 g/mol. The predicted molar refractivity (Wildman–Crippen MR) is 57.3 cm³/mol. The smallest absolute Gasteiger partial charge is 0.140 e. The molecule has 78 valence electrons. The Kier molecular flexibility index (Phi) is 3.47. The summed E-state index contributed by atoms with van der Waals surface area (Å²) in [6.45, 7) is 7.34. The van der Waals surface area contributed by atoms with Crippen molar-refractivity contribution in [2.24, 2.45) is 11.1 Å². The van der Waals surface area contributed by atoms with E-state index in [-0.39, 0.29) is 5.41 Å². The van der Waals surface area contributed by atoms with E-state index in [1.807, 2.05) is 19.1 Å². The summed E-state index contributed by atoms with van der Waals surface area (Å²) in [6, 6.07) is 3.80. The maximum absolute atomic E-state index is 5.65. The van der Waals surface area contributed by atoms with Crippen molar-refractivity contribution >= 4 is 0 Å². The Morgan fingerprint density at radius 1 is 1.50 bits per heavy atom. The summed E-state index contributed by atoms with van der Waals surface area (Å²) < 4.78 is 5.65. The summed E-state index contributed by atoms with van der Waals surface area (Å²) in [5.74, 6) is 0.842. The number of aryl methyl sites for hydroxylation is 1. The molecule has 1 aromatic rings. The average Bonchev–Trinajstić information content (AvgIpc) is 2.17. The van der Waals surface area contributed by atoms with Crippen LogP contribution in [0.4, 0.5) is 0 Å². The van der Waals surface area contributed by atoms with Gasteiger partial charge in [-0.1, -0.05) is 13.8 Å². The van der Waals surface area contributed by atoms with Gasteiger partial charge in [0.25, 0.3) is 0 Å². The van der Waals surface area contributed by atoms with Crippen LogP contribution in [-0.4, -0.2) is 18.1 Å². The summed E-state index contributed by atoms with van der Waals surface area (Å²) in [5, 5.41) is 0. The number of nitrogens with zero attached hydrogens (tertiary/aromatic N) is 1. The first-order chi connectivity index (χ1) is 6.55. The van der Waals surface area contributed by atoms with Crippen molar-refractivity contribution in [3.05, 3.63) is 24.0 Å². The van der Waals surface area contributed by atoms with Gasteiger partial charge >= 0.3 is 0 Å². The first-order valence-corrected chi connectivity index (χ1v) is 4.80. The lowest BCUT2D eigenvalue weighted by Crippen LogP contribution is -2.30. The molecule has 3 nitrogen and oxygen atoms in total. The highest BCUT2D eigenvalue weighted by Crippen LogP contribution is 2.18. The summed E-state index contributed by atoms with van der Waals surface area (Å²) in [6.07, 6.45) is 1.76. The highest BCUT2D eigenvalue weighted by atomic mass is 16.5. The Balaban J connectivity index is 2.58. The van der Waals surface area contributed by atoms with E-state index >= 15 is 0 Å². The number of hydrogen-bond acceptors (Lipinski definition) is 3. The van der Waals surface area contributed by atoms with Crippen LogP contribution in [0, 0.1) is 12.3 Å². The van der Waals surface area contributed by atoms with Crippen LogP contribution in [0.5, 0.6) is 5.75 Å². The van der Waals surface area contributed by atoms with Gasteiger partial charge < -0.3 is 10.5 Å². The lowest BCUT2D eigenvalue weighted by Gasteiger charge is -2.22. The molecule has 0 amide bonds. The van der Waals surface area contributed by atoms with E-state index in [1.165, 1.54) is 0 Å². The fraction of sp³-hybridized carbons (Fsp3) is 0.545. The zero-order valence-electron chi connectivity index (χ0n) is 9.08. The second-order valence-corrected chi connectivity index (χ2v) is 4.24. The molecule has 0 aliphatic rings. The normalized spacial score (nSPS) is 11.4. The van der Waals surface area contributed by atoms with Gasteiger partial charge in [-0.2, -0.15) is 0 Å². The minimum Gasteiger partial charge on any atom is -0.491 e. The quantitative estimate of drug-likeness (QED) is 0.794. The zero-order valence-corrected chi connectivity index (χ0v) is 9.08. The topological polar surface area (TPSA) is 48.1 Å². The molecule has 0 aromatic carbocycles. The van der Waals surface area contributed by atoms with Gasteiger partial charge in [0, 0.05) is 18.2 Å². The van der Waals surface area contributed by atoms with Gasteiger partial charge in [0.2, 0.25) is 0 Å². The minimum atomic E-state index is 0.0162. The number of aromatic nitrogens is 1. The van der Waals surface area contributed by atoms with Crippen molar-refractivity contribution < 1.29 is 4.74 Å². The van der Waals surface area contributed by atoms with Gasteiger partial charge in [0.1, 0.15) is 5.75 Å². The molecule has 0 unspecified atom stereocenters. The highest BCUT2D eigenvalue weighted by Gasteiger charge is 2.16. The van der Waals surface area contributed by atoms with E-state index in [2.05, 4.69) is 18.8 Å². The molecule has 3 heteroatoms. The van der Waals surface area contributed by atoms with Gasteiger partial charge in [0.15, 0.2) is 0 Å². The van der Waals surface area contributed by atoms with Gasteiger partial charge in [-0.05, 0) is 19.1 Å². The maximum atomic E-state index is 5.65. The monoisotopic (exact) mass is 194 g/mol. The van der Waals surface area contributed by atoms with Crippen LogP contribution < -0.4 is 10.5 Å². The van der Waals surface area contributed by atoms with E-state index < -0.39 is 0 Å². The van der Waals surface area contributed by atoms with Crippen molar-refractivity contribution in [2.75, 3.05) is 13.2 Å². The van der Waals surface area contributed by atoms with Crippen LogP contribution in [0.25, 0.3) is 0 Å². The number of nitrogens with two attached hydrogens (primary N) is 1. The molecule has 0 bridgehead atoms. The fourth-order valence-electron chi connectivity index (χ4n) is 0.954. The molecule has 0 saturated carbocycles. The SMILES string of the molecule is Cc1ncccc1OCC(C)(C)CN. The van der Waals surface area contributed by atoms with E-state index in [1.54, 1.807) is 6.20 Å². The maximum Gasteiger partial charge on any atom is 0.140 e. The molecule has 1 rings (SSSR count). The Hall–Kier alpha value is -1.09. The van der Waals surface area contributed by atoms with E-state index in [0.717, 1.165) is 11.4 Å². The van der Waals surface area contributed by atoms with Crippen molar-refractivity contribution in [3.63, 3.8) is 0 Å². The van der Waals surface area contributed by atoms with Gasteiger partial charge in [-0.3, -0.25) is 4.98 Å². The number of hydrogen-bond donors (Lipinski definition) is 1. The molecule has 0 atom stereocenters. The Morgan fingerprint density at radius 3 is 2.79 bits per heavy atom. The minimum absolute atomic E-state index is 0.0162. The number of ether oxygens (including phenoxy) is 1. The highest BCUT2D eigenvalue weighted by molar-refractivity contribution is 5.25. The second-order valence-electron chi connectivity index (χ2n) is 4.24. The Morgan fingerprint density at radius 2 is 2.21 bits per heavy atom. The molecule has 0 saturated heterocycles. The van der Waals surface area contributed by atoms with Crippen LogP contribution in [-0.2, 0) is 0 Å². The first-order valence-electron chi connectivity index (χ1n) is 4.80. The van der Waals surface area contributed by atoms with Gasteiger partial charge in [-0.25, -0.2) is 0 Å². The average molecular weight is 194 g/mol. The van der Waals surface area contributed by atoms with Crippen molar-refractivity contribution in [2.45, 2.75) is 20.8 Å². The number of pyridine rings is 1. The molecule has 1 aromatic heterocycles. The van der Waals surface area contributed by atoms with Crippen LogP contribution in [0.15, 0.2) is 18.3 Å². The molecule has 2 N–H and O–H groups in total. The molecule has 0 radical (unpaired) electrons. The van der Waals surface area contributed by atoms with Crippen LogP contribution >= 0.6 is 0 Å². The predicted octanol–water partition coefficient (Wildman–Crippen LogP) is 1.75. The van der Waals surface area contributed by atoms with Crippen molar-refractivity contribution in [1.82, 2.24) is 4.98 Å². The lowest BCUT2D eigenvalue weighted by atomic mass is 9.95. The Bertz CT molecular complexity index is 297. The third kappa shape index (κ3) is 3.00. The third-order valence-corrected chi connectivity index (χ3v) is 2.13. The van der Waals surface area contributed by atoms with E-state index in [4.69, 9.17) is 10.5 Å². The summed E-state index contributed by atoms with van der Waals surface area (Å²) in [4.78, 5) is 4.15. The first kappa shape index (κ1) is 11.0. The van der Waals surface area contributed by atoms with Gasteiger partial charge in [-0.15, -0.1) is 0 Å². The van der Waals surface area contributed by atoms with Crippen LogP contribution in [0.1, 0.15) is 19.5 Å². The lowest BCUT2D eigenvalue weighted by molar-refractivity contribution is 0.185. The van der Waals surface area contributed by atoms with E-state index in [0.29, 0.717) is 13.2 Å². The van der Waals surface area contributed by atoms with Crippen molar-refractivity contribution in [1.29, 1.82) is 0 Å². The second kappa shape index (κ2) is 4.42. The molecule has 0 aliphatic carbocycles. The number of rotatable bonds is 4. The molecule has 14 heavy (non-hydrogen) atoms. The van der Waals surface area contributed by atoms with Crippen LogP contribution in [0.3, 0.4) is 0 Å². The summed E-state index contributed by atoms with van der Waals surface area (Å²) in [7, 11) is 0. The summed E-state index contributed by atoms with van der Waals surface area (Å²) >= 11 is 0. The van der Waals surface area contributed by atoms with Crippen molar-refractivity contribution in [3.8, 4) is 5.75 Å². The zero-order chi connectivity index (χ0) is 10.6. The van der Waals surface area contributed by atoms with Gasteiger partial charge in [0.05, 0.1) is 12.3 Å². The molecule has 0 aliphatic heterocycles. The largest absolute Gasteiger partial charge is 0.491 e. The molecule has 0 spiro atoms. The molecule has 0 fully saturated rings. The molecule has 1 heterocycles. The summed E-state index contributed by atoms with van der Waals surface area (Å²) in [5.41, 5.74) is 6.55.